The van der Waals surface area contributed by atoms with Crippen LogP contribution in [0.2, 0.25) is 0 Å². The van der Waals surface area contributed by atoms with E-state index in [2.05, 4.69) is 5.10 Å². The Morgan fingerprint density at radius 1 is 1.15 bits per heavy atom. The lowest BCUT2D eigenvalue weighted by atomic mass is 10.1. The number of hydrogen-bond donors (Lipinski definition) is 1. The van der Waals surface area contributed by atoms with Gasteiger partial charge in [-0.25, -0.2) is 5.43 Å². The second-order valence-electron chi connectivity index (χ2n) is 5.19. The van der Waals surface area contributed by atoms with Crippen molar-refractivity contribution in [3.05, 3.63) is 33.9 Å². The fourth-order valence-electron chi connectivity index (χ4n) is 2.04. The van der Waals surface area contributed by atoms with E-state index in [1.54, 1.807) is 18.7 Å². The molecule has 0 fully saturated rings. The number of benzene rings is 1. The van der Waals surface area contributed by atoms with Crippen LogP contribution in [0.15, 0.2) is 23.3 Å². The average molecular weight is 404 g/mol. The van der Waals surface area contributed by atoms with E-state index in [0.29, 0.717) is 30.4 Å². The minimum atomic E-state index is -6.50. The Balaban J connectivity index is 3.22. The molecule has 0 spiro atoms. The highest BCUT2D eigenvalue weighted by Crippen LogP contribution is 2.45. The second-order valence-corrected chi connectivity index (χ2v) is 5.19. The molecule has 0 aliphatic heterocycles. The van der Waals surface area contributed by atoms with E-state index in [4.69, 9.17) is 0 Å². The summed E-state index contributed by atoms with van der Waals surface area (Å²) in [6.07, 6.45) is -5.99. The number of nitrogens with zero attached hydrogens (tertiary/aromatic N) is 3. The summed E-state index contributed by atoms with van der Waals surface area (Å²) in [6, 6.07) is -2.38. The van der Waals surface area contributed by atoms with Crippen LogP contribution in [0.4, 0.5) is 42.1 Å². The van der Waals surface area contributed by atoms with Crippen LogP contribution in [-0.2, 0) is 0 Å². The fourth-order valence-corrected chi connectivity index (χ4v) is 2.04. The number of nitro benzene ring substituents is 1. The maximum Gasteiger partial charge on any atom is 0.462 e. The molecule has 0 aromatic heterocycles. The summed E-state index contributed by atoms with van der Waals surface area (Å²) < 4.78 is 88.2. The smallest absolute Gasteiger partial charge is 0.372 e. The minimum absolute atomic E-state index is 0.119. The number of halogens is 7. The van der Waals surface area contributed by atoms with Crippen LogP contribution in [0.5, 0.6) is 0 Å². The molecule has 0 bridgehead atoms. The number of non-ortho nitro benzene ring substituents is 1. The number of nitrogens with one attached hydrogen (secondary N) is 1. The molecule has 0 aliphatic carbocycles. The molecule has 0 saturated heterocycles. The molecule has 13 heteroatoms. The van der Waals surface area contributed by atoms with E-state index >= 15 is 0 Å². The van der Waals surface area contributed by atoms with E-state index in [1.807, 2.05) is 0 Å². The number of hydrazone groups is 1. The molecule has 152 valence electrons. The summed E-state index contributed by atoms with van der Waals surface area (Å²) in [4.78, 5) is 11.7. The Labute approximate surface area is 148 Å². The van der Waals surface area contributed by atoms with Crippen LogP contribution in [0, 0.1) is 10.1 Å². The molecule has 0 saturated carbocycles. The Morgan fingerprint density at radius 3 is 2.15 bits per heavy atom. The van der Waals surface area contributed by atoms with Crippen molar-refractivity contribution in [2.75, 3.05) is 18.0 Å². The first-order valence-corrected chi connectivity index (χ1v) is 7.44. The van der Waals surface area contributed by atoms with Gasteiger partial charge in [-0.1, -0.05) is 0 Å². The topological polar surface area (TPSA) is 70.8 Å². The zero-order valence-corrected chi connectivity index (χ0v) is 14.0. The molecule has 0 aliphatic rings. The third-order valence-corrected chi connectivity index (χ3v) is 3.49. The van der Waals surface area contributed by atoms with Crippen molar-refractivity contribution in [2.45, 2.75) is 32.0 Å². The maximum atomic E-state index is 13.2. The number of rotatable bonds is 8. The van der Waals surface area contributed by atoms with E-state index < -0.39 is 28.8 Å². The van der Waals surface area contributed by atoms with Gasteiger partial charge in [-0.05, 0) is 19.9 Å². The molecule has 1 N–H and O–H groups in total. The molecule has 1 aromatic rings. The van der Waals surface area contributed by atoms with Gasteiger partial charge in [-0.15, -0.1) is 0 Å². The maximum absolute atomic E-state index is 13.2. The molecule has 0 unspecified atom stereocenters. The van der Waals surface area contributed by atoms with Gasteiger partial charge >= 0.3 is 18.1 Å². The third kappa shape index (κ3) is 4.77. The summed E-state index contributed by atoms with van der Waals surface area (Å²) in [5.41, 5.74) is 0.213. The van der Waals surface area contributed by atoms with E-state index in [9.17, 15) is 40.8 Å². The van der Waals surface area contributed by atoms with Crippen molar-refractivity contribution >= 4 is 17.6 Å². The number of alkyl halides is 7. The van der Waals surface area contributed by atoms with Crippen LogP contribution in [0.3, 0.4) is 0 Å². The van der Waals surface area contributed by atoms with E-state index in [-0.39, 0.29) is 5.56 Å². The van der Waals surface area contributed by atoms with Gasteiger partial charge in [0.1, 0.15) is 0 Å². The fraction of sp³-hybridized carbons (Fsp3) is 0.500. The van der Waals surface area contributed by atoms with Crippen LogP contribution in [-0.4, -0.2) is 42.4 Å². The van der Waals surface area contributed by atoms with Crippen molar-refractivity contribution in [1.29, 1.82) is 0 Å². The number of nitro groups is 1. The van der Waals surface area contributed by atoms with Gasteiger partial charge in [0, 0.05) is 36.5 Å². The summed E-state index contributed by atoms with van der Waals surface area (Å²) in [5, 5.41) is 13.6. The van der Waals surface area contributed by atoms with Crippen LogP contribution in [0.25, 0.3) is 0 Å². The normalized spacial score (nSPS) is 13.1. The monoisotopic (exact) mass is 404 g/mol. The molecule has 6 nitrogen and oxygen atoms in total. The number of anilines is 1. The molecule has 1 aromatic carbocycles. The van der Waals surface area contributed by atoms with E-state index in [0.717, 1.165) is 12.1 Å². The van der Waals surface area contributed by atoms with Crippen LogP contribution in [0.1, 0.15) is 19.4 Å². The van der Waals surface area contributed by atoms with Crippen molar-refractivity contribution in [3.8, 4) is 0 Å². The van der Waals surface area contributed by atoms with Gasteiger partial charge in [0.25, 0.3) is 5.69 Å². The van der Waals surface area contributed by atoms with Crippen molar-refractivity contribution in [2.24, 2.45) is 5.10 Å². The lowest BCUT2D eigenvalue weighted by Gasteiger charge is -2.27. The van der Waals surface area contributed by atoms with Crippen molar-refractivity contribution in [1.82, 2.24) is 5.43 Å². The molecule has 0 heterocycles. The molecule has 27 heavy (non-hydrogen) atoms. The second kappa shape index (κ2) is 7.96. The van der Waals surface area contributed by atoms with Gasteiger partial charge in [0.05, 0.1) is 11.1 Å². The quantitative estimate of drug-likeness (QED) is 0.232. The van der Waals surface area contributed by atoms with Crippen LogP contribution >= 0.6 is 0 Å². The zero-order chi connectivity index (χ0) is 21.0. The first-order valence-electron chi connectivity index (χ1n) is 7.44. The molecular weight excluding hydrogens is 389 g/mol. The van der Waals surface area contributed by atoms with Gasteiger partial charge in [-0.2, -0.15) is 35.8 Å². The zero-order valence-electron chi connectivity index (χ0n) is 14.0. The van der Waals surface area contributed by atoms with Gasteiger partial charge < -0.3 is 4.90 Å². The Morgan fingerprint density at radius 2 is 1.70 bits per heavy atom. The minimum Gasteiger partial charge on any atom is -0.372 e. The first-order chi connectivity index (χ1) is 12.3. The summed E-state index contributed by atoms with van der Waals surface area (Å²) in [5.74, 6) is -6.37. The van der Waals surface area contributed by atoms with Gasteiger partial charge in [-0.3, -0.25) is 10.1 Å². The van der Waals surface area contributed by atoms with Crippen LogP contribution < -0.4 is 10.3 Å². The molecule has 0 amide bonds. The highest BCUT2D eigenvalue weighted by Gasteiger charge is 2.73. The Hall–Kier alpha value is -2.60. The van der Waals surface area contributed by atoms with Crippen molar-refractivity contribution in [3.63, 3.8) is 0 Å². The standard InChI is InChI=1S/C14H15F7N4O2/c1-3-24(4-2)11-6-5-10(25(26)27)7-9(11)8-22-23-14(20,21)12(15,16)13(17,18)19/h5-8,23H,3-4H2,1-2H3/b22-8+. The molecule has 0 atom stereocenters. The first kappa shape index (κ1) is 22.4. The molecule has 1 rings (SSSR count). The predicted molar refractivity (Wildman–Crippen MR) is 83.3 cm³/mol. The highest BCUT2D eigenvalue weighted by molar-refractivity contribution is 5.89. The predicted octanol–water partition coefficient (Wildman–Crippen LogP) is 4.15. The SMILES string of the molecule is CCN(CC)c1ccc([N+](=O)[O-])cc1/C=N/NC(F)(F)C(F)(F)C(F)(F)F. The third-order valence-electron chi connectivity index (χ3n) is 3.49. The summed E-state index contributed by atoms with van der Waals surface area (Å²) in [6.45, 7) is 4.26. The summed E-state index contributed by atoms with van der Waals surface area (Å²) >= 11 is 0. The Bertz CT molecular complexity index is 703. The lowest BCUT2D eigenvalue weighted by molar-refractivity contribution is -0.384. The Kier molecular flexibility index (Phi) is 6.62. The largest absolute Gasteiger partial charge is 0.462 e. The lowest BCUT2D eigenvalue weighted by Crippen LogP contribution is -2.58. The summed E-state index contributed by atoms with van der Waals surface area (Å²) in [7, 11) is 0. The average Bonchev–Trinajstić information content (AvgIpc) is 2.55. The molecular formula is C14H15F7N4O2. The van der Waals surface area contributed by atoms with E-state index in [1.165, 1.54) is 6.07 Å². The highest BCUT2D eigenvalue weighted by atomic mass is 19.4. The van der Waals surface area contributed by atoms with Gasteiger partial charge in [0.15, 0.2) is 0 Å². The number of hydrogen-bond acceptors (Lipinski definition) is 5. The van der Waals surface area contributed by atoms with Crippen molar-refractivity contribution < 1.29 is 35.7 Å². The van der Waals surface area contributed by atoms with Gasteiger partial charge in [0.2, 0.25) is 0 Å². The molecule has 0 radical (unpaired) electrons.